The van der Waals surface area contributed by atoms with Crippen molar-refractivity contribution < 1.29 is 34.0 Å². The van der Waals surface area contributed by atoms with Crippen LogP contribution in [0.1, 0.15) is 76.2 Å². The van der Waals surface area contributed by atoms with E-state index in [0.717, 1.165) is 37.1 Å². The molecular weight excluding hydrogens is 526 g/mol. The summed E-state index contributed by atoms with van der Waals surface area (Å²) < 4.78 is 17.4. The topological polar surface area (TPSA) is 123 Å². The van der Waals surface area contributed by atoms with E-state index in [-0.39, 0.29) is 27.9 Å². The number of carbonyl (C=O) groups is 2. The van der Waals surface area contributed by atoms with Crippen LogP contribution in [-0.2, 0) is 19.9 Å². The van der Waals surface area contributed by atoms with E-state index in [4.69, 9.17) is 14.2 Å². The lowest BCUT2D eigenvalue weighted by Crippen LogP contribution is -2.64. The highest BCUT2D eigenvalue weighted by Gasteiger charge is 2.63. The van der Waals surface area contributed by atoms with Gasteiger partial charge < -0.3 is 29.3 Å². The van der Waals surface area contributed by atoms with Crippen molar-refractivity contribution in [1.29, 1.82) is 0 Å². The summed E-state index contributed by atoms with van der Waals surface area (Å²) in [6, 6.07) is 1.52. The molecule has 41 heavy (non-hydrogen) atoms. The molecule has 1 aromatic carbocycles. The van der Waals surface area contributed by atoms with Gasteiger partial charge in [-0.2, -0.15) is 0 Å². The van der Waals surface area contributed by atoms with Gasteiger partial charge in [-0.25, -0.2) is 4.79 Å². The first kappa shape index (κ1) is 27.6. The Balaban J connectivity index is 1.53. The zero-order valence-electron chi connectivity index (χ0n) is 23.9. The number of hydrogen-bond acceptors (Lipinski definition) is 9. The summed E-state index contributed by atoms with van der Waals surface area (Å²) in [6.45, 7) is 13.0. The molecule has 216 valence electrons. The third-order valence-corrected chi connectivity index (χ3v) is 9.30. The van der Waals surface area contributed by atoms with Gasteiger partial charge in [-0.1, -0.05) is 25.5 Å². The van der Waals surface area contributed by atoms with Crippen LogP contribution in [0.15, 0.2) is 45.6 Å². The van der Waals surface area contributed by atoms with Crippen LogP contribution in [0.5, 0.6) is 5.75 Å². The highest BCUT2D eigenvalue weighted by molar-refractivity contribution is 6.23. The number of hydrogen-bond donors (Lipinski definition) is 2. The molecule has 2 fully saturated rings. The first-order valence-corrected chi connectivity index (χ1v) is 14.2. The van der Waals surface area contributed by atoms with E-state index in [1.807, 2.05) is 19.9 Å². The average molecular weight is 562 g/mol. The summed E-state index contributed by atoms with van der Waals surface area (Å²) in [5.74, 6) is -1.02. The number of carbonyl (C=O) groups excluding carboxylic acids is 2. The molecule has 2 N–H and O–H groups in total. The SMILES string of the molecule is C=c1c2c(c(=O)cc3c1=C1C=C(C)N(C4CCCC4)C(C)=C1C3=O)C1(O)C(O2)OC(C)C(OC(=O)C(C)=CC)C1O. The molecule has 3 heterocycles. The highest BCUT2D eigenvalue weighted by Crippen LogP contribution is 2.46. The minimum atomic E-state index is -2.37. The van der Waals surface area contributed by atoms with Crippen LogP contribution < -0.4 is 20.6 Å². The van der Waals surface area contributed by atoms with Crippen molar-refractivity contribution in [3.63, 3.8) is 0 Å². The van der Waals surface area contributed by atoms with Crippen molar-refractivity contribution in [2.75, 3.05) is 0 Å². The second-order valence-electron chi connectivity index (χ2n) is 11.7. The Labute approximate surface area is 237 Å². The van der Waals surface area contributed by atoms with Crippen LogP contribution >= 0.6 is 0 Å². The Morgan fingerprint density at radius 3 is 2.59 bits per heavy atom. The number of ketones is 1. The first-order valence-electron chi connectivity index (χ1n) is 14.2. The molecule has 0 amide bonds. The highest BCUT2D eigenvalue weighted by atomic mass is 16.7. The fourth-order valence-electron chi connectivity index (χ4n) is 7.09. The van der Waals surface area contributed by atoms with Crippen LogP contribution in [0.3, 0.4) is 0 Å². The van der Waals surface area contributed by atoms with E-state index in [1.54, 1.807) is 26.8 Å². The number of ether oxygens (including phenoxy) is 3. The largest absolute Gasteiger partial charge is 0.460 e. The van der Waals surface area contributed by atoms with Crippen LogP contribution in [0.2, 0.25) is 0 Å². The second kappa shape index (κ2) is 9.51. The molecule has 3 aliphatic heterocycles. The number of aliphatic hydroxyl groups is 2. The summed E-state index contributed by atoms with van der Waals surface area (Å²) in [6.07, 6.45) is 2.56. The van der Waals surface area contributed by atoms with E-state index in [9.17, 15) is 24.6 Å². The first-order chi connectivity index (χ1) is 19.4. The van der Waals surface area contributed by atoms with Gasteiger partial charge in [-0.05, 0) is 65.2 Å². The van der Waals surface area contributed by atoms with Gasteiger partial charge in [0.1, 0.15) is 11.9 Å². The van der Waals surface area contributed by atoms with Gasteiger partial charge in [0, 0.05) is 44.6 Å². The molecule has 0 radical (unpaired) electrons. The molecule has 9 nitrogen and oxygen atoms in total. The third kappa shape index (κ3) is 3.75. The second-order valence-corrected chi connectivity index (χ2v) is 11.7. The molecule has 6 rings (SSSR count). The zero-order chi connectivity index (χ0) is 29.5. The van der Waals surface area contributed by atoms with Gasteiger partial charge in [0.05, 0.1) is 11.7 Å². The van der Waals surface area contributed by atoms with Crippen LogP contribution in [-0.4, -0.2) is 57.5 Å². The fourth-order valence-corrected chi connectivity index (χ4v) is 7.09. The predicted octanol–water partition coefficient (Wildman–Crippen LogP) is 1.80. The number of nitrogens with zero attached hydrogens (tertiary/aromatic N) is 1. The Bertz CT molecular complexity index is 1660. The van der Waals surface area contributed by atoms with Gasteiger partial charge in [0.2, 0.25) is 6.29 Å². The fraction of sp³-hybridized carbons (Fsp3) is 0.469. The number of Topliss-reactive ketones (excluding diaryl/α,β-unsaturated/α-hetero) is 1. The number of aliphatic hydroxyl groups excluding tert-OH is 1. The van der Waals surface area contributed by atoms with Gasteiger partial charge in [0.15, 0.2) is 22.9 Å². The van der Waals surface area contributed by atoms with Gasteiger partial charge in [-0.15, -0.1) is 0 Å². The van der Waals surface area contributed by atoms with E-state index < -0.39 is 41.6 Å². The minimum Gasteiger partial charge on any atom is -0.460 e. The number of allylic oxidation sites excluding steroid dienone is 5. The Morgan fingerprint density at radius 2 is 1.93 bits per heavy atom. The third-order valence-electron chi connectivity index (χ3n) is 9.30. The van der Waals surface area contributed by atoms with Crippen molar-refractivity contribution in [2.24, 2.45) is 0 Å². The molecule has 0 spiro atoms. The van der Waals surface area contributed by atoms with E-state index >= 15 is 0 Å². The van der Waals surface area contributed by atoms with E-state index in [1.165, 1.54) is 6.07 Å². The van der Waals surface area contributed by atoms with Gasteiger partial charge in [-0.3, -0.25) is 9.59 Å². The monoisotopic (exact) mass is 561 g/mol. The minimum absolute atomic E-state index is 0.0462. The Hall–Kier alpha value is -3.53. The number of fused-ring (bicyclic) bond motifs is 5. The standard InChI is InChI=1S/C32H35NO8/c1-7-14(2)30(37)40-28-18(6)39-31-32(38,29(28)36)25-22(34)13-21-23(16(4)27(25)41-31)20-12-15(3)33(19-10-8-9-11-19)17(5)24(20)26(21)35/h7,12-13,18-19,28-29,31,36,38H,4,8-11H2,1-3,5-6H3. The summed E-state index contributed by atoms with van der Waals surface area (Å²) >= 11 is 0. The molecule has 9 heteroatoms. The average Bonchev–Trinajstić information content (AvgIpc) is 3.60. The van der Waals surface area contributed by atoms with Gasteiger partial charge in [0.25, 0.3) is 0 Å². The maximum Gasteiger partial charge on any atom is 0.333 e. The maximum atomic E-state index is 13.9. The predicted molar refractivity (Wildman–Crippen MR) is 150 cm³/mol. The maximum absolute atomic E-state index is 13.9. The Kier molecular flexibility index (Phi) is 6.41. The molecule has 0 aromatic heterocycles. The normalized spacial score (nSPS) is 31.0. The van der Waals surface area contributed by atoms with E-state index in [0.29, 0.717) is 28.0 Å². The lowest BCUT2D eigenvalue weighted by molar-refractivity contribution is -0.309. The molecule has 2 aliphatic carbocycles. The van der Waals surface area contributed by atoms with Crippen LogP contribution in [0, 0.1) is 0 Å². The molecule has 5 atom stereocenters. The van der Waals surface area contributed by atoms with E-state index in [2.05, 4.69) is 11.5 Å². The van der Waals surface area contributed by atoms with Crippen molar-refractivity contribution in [3.05, 3.63) is 72.5 Å². The number of esters is 1. The molecule has 0 bridgehead atoms. The van der Waals surface area contributed by atoms with Crippen molar-refractivity contribution in [1.82, 2.24) is 4.90 Å². The van der Waals surface area contributed by atoms with Crippen molar-refractivity contribution >= 4 is 23.9 Å². The molecule has 1 aromatic rings. The molecule has 5 aliphatic rings. The summed E-state index contributed by atoms with van der Waals surface area (Å²) in [4.78, 5) is 42.4. The molecule has 5 unspecified atom stereocenters. The Morgan fingerprint density at radius 1 is 1.24 bits per heavy atom. The summed E-state index contributed by atoms with van der Waals surface area (Å²) in [5.41, 5.74) is 0.177. The van der Waals surface area contributed by atoms with Gasteiger partial charge >= 0.3 is 5.97 Å². The van der Waals surface area contributed by atoms with Crippen LogP contribution in [0.25, 0.3) is 12.2 Å². The van der Waals surface area contributed by atoms with Crippen molar-refractivity contribution in [2.45, 2.75) is 96.5 Å². The zero-order valence-corrected chi connectivity index (χ0v) is 23.9. The van der Waals surface area contributed by atoms with Crippen molar-refractivity contribution in [3.8, 4) is 5.75 Å². The summed E-state index contributed by atoms with van der Waals surface area (Å²) in [7, 11) is 0. The molecule has 1 saturated heterocycles. The quantitative estimate of drug-likeness (QED) is 0.420. The molecule has 1 saturated carbocycles. The number of rotatable bonds is 3. The lowest BCUT2D eigenvalue weighted by atomic mass is 9.82. The summed E-state index contributed by atoms with van der Waals surface area (Å²) in [5, 5.41) is 24.0. The lowest BCUT2D eigenvalue weighted by Gasteiger charge is -2.44. The van der Waals surface area contributed by atoms with Crippen LogP contribution in [0.4, 0.5) is 0 Å². The molecular formula is C32H35NO8. The smallest absolute Gasteiger partial charge is 0.333 e.